The highest BCUT2D eigenvalue weighted by Gasteiger charge is 2.37. The van der Waals surface area contributed by atoms with E-state index in [4.69, 9.17) is 4.74 Å². The second-order valence-corrected chi connectivity index (χ2v) is 7.88. The Morgan fingerprint density at radius 1 is 1.32 bits per heavy atom. The van der Waals surface area contributed by atoms with Crippen molar-refractivity contribution in [1.82, 2.24) is 25.0 Å². The molecule has 1 fully saturated rings. The molecule has 1 aliphatic heterocycles. The zero-order valence-corrected chi connectivity index (χ0v) is 15.2. The van der Waals surface area contributed by atoms with Crippen molar-refractivity contribution in [2.24, 2.45) is 11.8 Å². The molecule has 2 aliphatic rings. The molecule has 0 saturated heterocycles. The Bertz CT molecular complexity index is 636. The largest absolute Gasteiger partial charge is 0.444 e. The highest BCUT2D eigenvalue weighted by atomic mass is 16.6. The second kappa shape index (κ2) is 7.01. The molecule has 1 aromatic heterocycles. The Hall–Kier alpha value is -2.12. The fourth-order valence-corrected chi connectivity index (χ4v) is 3.62. The Morgan fingerprint density at radius 2 is 2.12 bits per heavy atom. The second-order valence-electron chi connectivity index (χ2n) is 7.88. The monoisotopic (exact) mass is 349 g/mol. The van der Waals surface area contributed by atoms with Crippen molar-refractivity contribution in [1.29, 1.82) is 0 Å². The number of carbonyl (C=O) groups excluding carboxylic acids is 2. The standard InChI is InChI=1S/C17H27N5O3/c1-17(2,3)25-16(24)18-9-12-5-4-6-13(12)15(23)21-7-8-22-11-19-20-14(22)10-21/h11-13H,4-10H2,1-3H3,(H,18,24)/t12-,13-/m1/s1. The highest BCUT2D eigenvalue weighted by Crippen LogP contribution is 2.33. The first-order valence-corrected chi connectivity index (χ1v) is 8.96. The molecule has 2 atom stereocenters. The predicted octanol–water partition coefficient (Wildman–Crippen LogP) is 1.56. The van der Waals surface area contributed by atoms with Crippen LogP contribution in [0, 0.1) is 11.8 Å². The lowest BCUT2D eigenvalue weighted by molar-refractivity contribution is -0.138. The van der Waals surface area contributed by atoms with Gasteiger partial charge in [-0.05, 0) is 39.5 Å². The van der Waals surface area contributed by atoms with Gasteiger partial charge in [0, 0.05) is 25.6 Å². The number of hydrogen-bond donors (Lipinski definition) is 1. The quantitative estimate of drug-likeness (QED) is 0.894. The molecule has 0 bridgehead atoms. The van der Waals surface area contributed by atoms with Gasteiger partial charge in [0.05, 0.1) is 6.54 Å². The lowest BCUT2D eigenvalue weighted by atomic mass is 9.94. The number of rotatable bonds is 3. The maximum atomic E-state index is 12.9. The number of carbonyl (C=O) groups is 2. The van der Waals surface area contributed by atoms with Gasteiger partial charge in [0.1, 0.15) is 11.9 Å². The van der Waals surface area contributed by atoms with Gasteiger partial charge in [-0.2, -0.15) is 0 Å². The summed E-state index contributed by atoms with van der Waals surface area (Å²) in [6.07, 6.45) is 4.14. The van der Waals surface area contributed by atoms with Gasteiger partial charge in [-0.25, -0.2) is 4.79 Å². The molecular weight excluding hydrogens is 322 g/mol. The van der Waals surface area contributed by atoms with Crippen LogP contribution >= 0.6 is 0 Å². The van der Waals surface area contributed by atoms with Gasteiger partial charge < -0.3 is 19.5 Å². The molecule has 8 heteroatoms. The zero-order valence-electron chi connectivity index (χ0n) is 15.2. The van der Waals surface area contributed by atoms with Crippen molar-refractivity contribution in [2.75, 3.05) is 13.1 Å². The van der Waals surface area contributed by atoms with E-state index in [9.17, 15) is 9.59 Å². The lowest BCUT2D eigenvalue weighted by Gasteiger charge is -2.31. The van der Waals surface area contributed by atoms with E-state index in [1.807, 2.05) is 30.2 Å². The molecule has 1 saturated carbocycles. The van der Waals surface area contributed by atoms with Gasteiger partial charge >= 0.3 is 6.09 Å². The molecule has 2 heterocycles. The zero-order chi connectivity index (χ0) is 18.0. The molecule has 1 aliphatic carbocycles. The van der Waals surface area contributed by atoms with Crippen molar-refractivity contribution in [2.45, 2.75) is 58.7 Å². The van der Waals surface area contributed by atoms with E-state index in [-0.39, 0.29) is 17.7 Å². The third kappa shape index (κ3) is 4.29. The summed E-state index contributed by atoms with van der Waals surface area (Å²) in [5.74, 6) is 1.13. The van der Waals surface area contributed by atoms with E-state index >= 15 is 0 Å². The maximum Gasteiger partial charge on any atom is 0.407 e. The predicted molar refractivity (Wildman–Crippen MR) is 90.5 cm³/mol. The SMILES string of the molecule is CC(C)(C)OC(=O)NC[C@H]1CCC[C@H]1C(=O)N1CCn2cnnc2C1. The average molecular weight is 349 g/mol. The molecule has 25 heavy (non-hydrogen) atoms. The van der Waals surface area contributed by atoms with Crippen LogP contribution in [0.1, 0.15) is 45.9 Å². The number of alkyl carbamates (subject to hydrolysis) is 1. The van der Waals surface area contributed by atoms with Gasteiger partial charge in [0.2, 0.25) is 5.91 Å². The first-order chi connectivity index (χ1) is 11.8. The van der Waals surface area contributed by atoms with Crippen molar-refractivity contribution in [3.8, 4) is 0 Å². The van der Waals surface area contributed by atoms with Gasteiger partial charge in [-0.15, -0.1) is 10.2 Å². The van der Waals surface area contributed by atoms with Crippen molar-refractivity contribution in [3.05, 3.63) is 12.2 Å². The van der Waals surface area contributed by atoms with Crippen molar-refractivity contribution in [3.63, 3.8) is 0 Å². The van der Waals surface area contributed by atoms with Crippen molar-refractivity contribution >= 4 is 12.0 Å². The Balaban J connectivity index is 1.54. The molecule has 0 aromatic carbocycles. The minimum absolute atomic E-state index is 0.0376. The molecule has 2 amide bonds. The normalized spacial score (nSPS) is 23.2. The molecule has 138 valence electrons. The van der Waals surface area contributed by atoms with Crippen molar-refractivity contribution < 1.29 is 14.3 Å². The van der Waals surface area contributed by atoms with Crippen LogP contribution in [0.3, 0.4) is 0 Å². The first kappa shape index (κ1) is 17.7. The molecule has 3 rings (SSSR count). The molecule has 8 nitrogen and oxygen atoms in total. The van der Waals surface area contributed by atoms with Gasteiger partial charge in [-0.1, -0.05) is 6.42 Å². The summed E-state index contributed by atoms with van der Waals surface area (Å²) in [7, 11) is 0. The van der Waals surface area contributed by atoms with Gasteiger partial charge in [0.25, 0.3) is 0 Å². The van der Waals surface area contributed by atoms with E-state index in [1.165, 1.54) is 0 Å². The topological polar surface area (TPSA) is 89.4 Å². The molecular formula is C17H27N5O3. The summed E-state index contributed by atoms with van der Waals surface area (Å²) in [5, 5.41) is 10.8. The number of nitrogens with one attached hydrogen (secondary N) is 1. The fraction of sp³-hybridized carbons (Fsp3) is 0.765. The van der Waals surface area contributed by atoms with Crippen LogP contribution in [0.15, 0.2) is 6.33 Å². The minimum atomic E-state index is -0.515. The summed E-state index contributed by atoms with van der Waals surface area (Å²) < 4.78 is 7.26. The number of amides is 2. The smallest absolute Gasteiger partial charge is 0.407 e. The van der Waals surface area contributed by atoms with Gasteiger partial charge in [0.15, 0.2) is 5.82 Å². The lowest BCUT2D eigenvalue weighted by Crippen LogP contribution is -2.44. The molecule has 1 N–H and O–H groups in total. The third-order valence-electron chi connectivity index (χ3n) is 4.83. The van der Waals surface area contributed by atoms with Crippen LogP contribution in [0.4, 0.5) is 4.79 Å². The number of nitrogens with zero attached hydrogens (tertiary/aromatic N) is 4. The first-order valence-electron chi connectivity index (χ1n) is 8.96. The number of hydrogen-bond acceptors (Lipinski definition) is 5. The summed E-state index contributed by atoms with van der Waals surface area (Å²) in [6.45, 7) is 7.93. The number of ether oxygens (including phenoxy) is 1. The number of fused-ring (bicyclic) bond motifs is 1. The van der Waals surface area contributed by atoms with E-state index in [0.29, 0.717) is 19.6 Å². The minimum Gasteiger partial charge on any atom is -0.444 e. The summed E-state index contributed by atoms with van der Waals surface area (Å²) in [4.78, 5) is 26.7. The van der Waals surface area contributed by atoms with Gasteiger partial charge in [-0.3, -0.25) is 4.79 Å². The fourth-order valence-electron chi connectivity index (χ4n) is 3.62. The Morgan fingerprint density at radius 3 is 2.88 bits per heavy atom. The summed E-state index contributed by atoms with van der Waals surface area (Å²) in [5.41, 5.74) is -0.515. The summed E-state index contributed by atoms with van der Waals surface area (Å²) >= 11 is 0. The van der Waals surface area contributed by atoms with Crippen LogP contribution in [0.25, 0.3) is 0 Å². The summed E-state index contributed by atoms with van der Waals surface area (Å²) in [6, 6.07) is 0. The Kier molecular flexibility index (Phi) is 4.96. The van der Waals surface area contributed by atoms with E-state index < -0.39 is 11.7 Å². The van der Waals surface area contributed by atoms with E-state index in [1.54, 1.807) is 6.33 Å². The molecule has 1 aromatic rings. The average Bonchev–Trinajstić information content (AvgIpc) is 3.18. The highest BCUT2D eigenvalue weighted by molar-refractivity contribution is 5.79. The third-order valence-corrected chi connectivity index (χ3v) is 4.83. The van der Waals surface area contributed by atoms with Crippen LogP contribution < -0.4 is 5.32 Å². The Labute approximate surface area is 147 Å². The van der Waals surface area contributed by atoms with Crippen LogP contribution in [0.2, 0.25) is 0 Å². The maximum absolute atomic E-state index is 12.9. The molecule has 0 radical (unpaired) electrons. The number of aromatic nitrogens is 3. The van der Waals surface area contributed by atoms with E-state index in [0.717, 1.165) is 31.6 Å². The van der Waals surface area contributed by atoms with Crippen LogP contribution in [0.5, 0.6) is 0 Å². The van der Waals surface area contributed by atoms with Crippen LogP contribution in [-0.4, -0.2) is 50.4 Å². The van der Waals surface area contributed by atoms with E-state index in [2.05, 4.69) is 15.5 Å². The van der Waals surface area contributed by atoms with Crippen LogP contribution in [-0.2, 0) is 22.6 Å². The molecule has 0 spiro atoms. The molecule has 0 unspecified atom stereocenters.